The van der Waals surface area contributed by atoms with Gasteiger partial charge in [-0.2, -0.15) is 0 Å². The fourth-order valence-electron chi connectivity index (χ4n) is 0.772. The second kappa shape index (κ2) is 2.53. The Kier molecular flexibility index (Phi) is 2.10. The molecule has 3 heteroatoms. The first-order valence-corrected chi connectivity index (χ1v) is 4.15. The summed E-state index contributed by atoms with van der Waals surface area (Å²) in [7, 11) is 0.513. The van der Waals surface area contributed by atoms with Gasteiger partial charge in [-0.1, -0.05) is 20.8 Å². The van der Waals surface area contributed by atoms with Gasteiger partial charge in [0.15, 0.2) is 0 Å². The summed E-state index contributed by atoms with van der Waals surface area (Å²) < 4.78 is 5.43. The normalized spacial score (nSPS) is 31.7. The molecule has 0 aliphatic carbocycles. The fraction of sp³-hybridized carbons (Fsp3) is 1.00. The van der Waals surface area contributed by atoms with Crippen molar-refractivity contribution >= 4 is 8.96 Å². The maximum Gasteiger partial charge on any atom is 0.0867 e. The summed E-state index contributed by atoms with van der Waals surface area (Å²) in [6, 6.07) is 0. The molecule has 2 atom stereocenters. The summed E-state index contributed by atoms with van der Waals surface area (Å²) in [5.41, 5.74) is 0.302. The Morgan fingerprint density at radius 2 is 2.22 bits per heavy atom. The molecule has 1 rings (SSSR count). The monoisotopic (exact) mass is 147 g/mol. The highest BCUT2D eigenvalue weighted by molar-refractivity contribution is 7.30. The molecule has 1 fully saturated rings. The van der Waals surface area contributed by atoms with E-state index in [1.54, 1.807) is 0 Å². The third-order valence-corrected chi connectivity index (χ3v) is 2.28. The van der Waals surface area contributed by atoms with Gasteiger partial charge in [0.05, 0.1) is 15.1 Å². The van der Waals surface area contributed by atoms with Gasteiger partial charge in [-0.25, -0.2) is 0 Å². The minimum Gasteiger partial charge on any atom is -0.341 e. The molecule has 0 aromatic heterocycles. The minimum atomic E-state index is 0.302. The van der Waals surface area contributed by atoms with Gasteiger partial charge in [0.2, 0.25) is 0 Å². The van der Waals surface area contributed by atoms with Crippen molar-refractivity contribution in [2.75, 3.05) is 6.54 Å². The van der Waals surface area contributed by atoms with E-state index in [2.05, 4.69) is 25.9 Å². The van der Waals surface area contributed by atoms with Crippen LogP contribution in [0.1, 0.15) is 20.8 Å². The van der Waals surface area contributed by atoms with Gasteiger partial charge >= 0.3 is 0 Å². The first kappa shape index (κ1) is 7.46. The molecule has 1 heterocycles. The van der Waals surface area contributed by atoms with E-state index in [1.165, 1.54) is 0 Å². The van der Waals surface area contributed by atoms with Gasteiger partial charge in [0, 0.05) is 6.54 Å². The van der Waals surface area contributed by atoms with Crippen molar-refractivity contribution in [3.05, 3.63) is 0 Å². The molecule has 1 aliphatic rings. The van der Waals surface area contributed by atoms with E-state index in [1.807, 2.05) is 0 Å². The van der Waals surface area contributed by atoms with Crippen LogP contribution in [0.3, 0.4) is 0 Å². The summed E-state index contributed by atoms with van der Waals surface area (Å²) in [6.07, 6.45) is 0.413. The summed E-state index contributed by atoms with van der Waals surface area (Å²) in [5, 5.41) is 3.18. The fourth-order valence-corrected chi connectivity index (χ4v) is 1.70. The number of hydrogen-bond donors (Lipinski definition) is 1. The van der Waals surface area contributed by atoms with Crippen molar-refractivity contribution in [2.45, 2.75) is 26.9 Å². The lowest BCUT2D eigenvalue weighted by Crippen LogP contribution is -2.29. The maximum absolute atomic E-state index is 5.43. The predicted octanol–water partition coefficient (Wildman–Crippen LogP) is 1.53. The van der Waals surface area contributed by atoms with Crippen molar-refractivity contribution in [1.29, 1.82) is 0 Å². The Balaban J connectivity index is 2.42. The molecule has 0 amide bonds. The number of nitrogens with one attached hydrogen (secondary N) is 1. The van der Waals surface area contributed by atoms with E-state index in [0.717, 1.165) is 6.54 Å². The molecule has 0 radical (unpaired) electrons. The minimum absolute atomic E-state index is 0.302. The molecular formula is C6H14NOP. The maximum atomic E-state index is 5.43. The Labute approximate surface area is 58.3 Å². The molecule has 0 bridgehead atoms. The van der Waals surface area contributed by atoms with Crippen LogP contribution in [0.5, 0.6) is 0 Å². The van der Waals surface area contributed by atoms with Gasteiger partial charge in [0.1, 0.15) is 0 Å². The summed E-state index contributed by atoms with van der Waals surface area (Å²) in [6.45, 7) is 7.63. The number of hydrogen-bond acceptors (Lipinski definition) is 2. The Morgan fingerprint density at radius 1 is 1.56 bits per heavy atom. The quantitative estimate of drug-likeness (QED) is 0.524. The van der Waals surface area contributed by atoms with Crippen LogP contribution >= 0.6 is 8.96 Å². The van der Waals surface area contributed by atoms with Gasteiger partial charge in [-0.15, -0.1) is 0 Å². The van der Waals surface area contributed by atoms with Crippen LogP contribution in [0.15, 0.2) is 0 Å². The zero-order valence-electron chi connectivity index (χ0n) is 6.19. The molecule has 54 valence electrons. The van der Waals surface area contributed by atoms with Crippen LogP contribution in [0.2, 0.25) is 0 Å². The van der Waals surface area contributed by atoms with E-state index in [0.29, 0.717) is 20.5 Å². The third kappa shape index (κ3) is 1.89. The lowest BCUT2D eigenvalue weighted by Gasteiger charge is -2.24. The second-order valence-electron chi connectivity index (χ2n) is 3.46. The first-order chi connectivity index (χ1) is 4.11. The Hall–Kier alpha value is 0.350. The van der Waals surface area contributed by atoms with E-state index in [-0.39, 0.29) is 0 Å². The summed E-state index contributed by atoms with van der Waals surface area (Å²) in [4.78, 5) is 0. The lowest BCUT2D eigenvalue weighted by molar-refractivity contribution is 0.129. The molecule has 0 aromatic rings. The average Bonchev–Trinajstić information content (AvgIpc) is 2.08. The van der Waals surface area contributed by atoms with Crippen LogP contribution in [-0.4, -0.2) is 12.6 Å². The molecule has 9 heavy (non-hydrogen) atoms. The largest absolute Gasteiger partial charge is 0.341 e. The van der Waals surface area contributed by atoms with Crippen molar-refractivity contribution < 1.29 is 4.52 Å². The molecule has 0 aromatic carbocycles. The lowest BCUT2D eigenvalue weighted by atomic mass is 9.89. The zero-order valence-corrected chi connectivity index (χ0v) is 7.19. The highest BCUT2D eigenvalue weighted by atomic mass is 31.1. The van der Waals surface area contributed by atoms with Gasteiger partial charge < -0.3 is 4.52 Å². The molecule has 1 N–H and O–H groups in total. The van der Waals surface area contributed by atoms with Crippen LogP contribution in [-0.2, 0) is 4.52 Å². The smallest absolute Gasteiger partial charge is 0.0867 e. The van der Waals surface area contributed by atoms with Crippen LogP contribution in [0.4, 0.5) is 0 Å². The van der Waals surface area contributed by atoms with Crippen molar-refractivity contribution in [3.8, 4) is 0 Å². The molecule has 2 nitrogen and oxygen atoms in total. The van der Waals surface area contributed by atoms with Crippen LogP contribution in [0, 0.1) is 5.41 Å². The van der Waals surface area contributed by atoms with Crippen LogP contribution in [0.25, 0.3) is 0 Å². The highest BCUT2D eigenvalue weighted by Gasteiger charge is 2.28. The molecule has 2 unspecified atom stereocenters. The third-order valence-electron chi connectivity index (χ3n) is 1.53. The predicted molar refractivity (Wildman–Crippen MR) is 40.6 cm³/mol. The molecular weight excluding hydrogens is 133 g/mol. The highest BCUT2D eigenvalue weighted by Crippen LogP contribution is 2.31. The summed E-state index contributed by atoms with van der Waals surface area (Å²) in [5.74, 6) is 0. The van der Waals surface area contributed by atoms with Crippen molar-refractivity contribution in [1.82, 2.24) is 5.09 Å². The SMILES string of the molecule is CC(C)(C)C1CNPO1. The molecule has 1 saturated heterocycles. The first-order valence-electron chi connectivity index (χ1n) is 3.24. The topological polar surface area (TPSA) is 21.3 Å². The number of rotatable bonds is 0. The molecule has 0 saturated carbocycles. The molecule has 0 spiro atoms. The average molecular weight is 147 g/mol. The van der Waals surface area contributed by atoms with E-state index >= 15 is 0 Å². The second-order valence-corrected chi connectivity index (χ2v) is 4.25. The Bertz CT molecular complexity index is 93.7. The standard InChI is InChI=1S/C6H14NOP/c1-6(2,3)5-4-7-9-8-5/h5,7,9H,4H2,1-3H3. The van der Waals surface area contributed by atoms with Gasteiger partial charge in [-0.3, -0.25) is 5.09 Å². The zero-order chi connectivity index (χ0) is 6.91. The summed E-state index contributed by atoms with van der Waals surface area (Å²) >= 11 is 0. The van der Waals surface area contributed by atoms with Crippen molar-refractivity contribution in [3.63, 3.8) is 0 Å². The molecule has 1 aliphatic heterocycles. The van der Waals surface area contributed by atoms with E-state index in [9.17, 15) is 0 Å². The van der Waals surface area contributed by atoms with Crippen molar-refractivity contribution in [2.24, 2.45) is 5.41 Å². The van der Waals surface area contributed by atoms with E-state index in [4.69, 9.17) is 4.52 Å². The van der Waals surface area contributed by atoms with Gasteiger partial charge in [-0.05, 0) is 5.41 Å². The van der Waals surface area contributed by atoms with E-state index < -0.39 is 0 Å². The van der Waals surface area contributed by atoms with Gasteiger partial charge in [0.25, 0.3) is 0 Å². The van der Waals surface area contributed by atoms with Crippen LogP contribution < -0.4 is 5.09 Å². The Morgan fingerprint density at radius 3 is 2.44 bits per heavy atom.